The van der Waals surface area contributed by atoms with E-state index in [0.29, 0.717) is 31.9 Å². The molecule has 0 saturated heterocycles. The van der Waals surface area contributed by atoms with Gasteiger partial charge in [0.15, 0.2) is 4.80 Å². The van der Waals surface area contributed by atoms with Crippen molar-refractivity contribution in [3.8, 4) is 5.75 Å². The topological polar surface area (TPSA) is 87.0 Å². The SMILES string of the molecule is CCOC(=O)C1=C(C)N=c2s/c(=C/c3ccccc3OC(C)=O)c(=O)n2[C@H]1c1ccc(C)cc1. The molecule has 0 spiro atoms. The van der Waals surface area contributed by atoms with E-state index in [1.54, 1.807) is 44.2 Å². The first-order valence-corrected chi connectivity index (χ1v) is 11.7. The molecule has 174 valence electrons. The van der Waals surface area contributed by atoms with Gasteiger partial charge < -0.3 is 9.47 Å². The van der Waals surface area contributed by atoms with E-state index in [9.17, 15) is 14.4 Å². The lowest BCUT2D eigenvalue weighted by Gasteiger charge is -2.24. The molecule has 0 unspecified atom stereocenters. The second kappa shape index (κ2) is 9.61. The molecule has 2 aromatic carbocycles. The van der Waals surface area contributed by atoms with Gasteiger partial charge in [0.2, 0.25) is 0 Å². The van der Waals surface area contributed by atoms with Crippen LogP contribution >= 0.6 is 11.3 Å². The number of hydrogen-bond acceptors (Lipinski definition) is 7. The van der Waals surface area contributed by atoms with Gasteiger partial charge in [-0.3, -0.25) is 14.2 Å². The van der Waals surface area contributed by atoms with Crippen molar-refractivity contribution >= 4 is 29.4 Å². The van der Waals surface area contributed by atoms with Crippen molar-refractivity contribution < 1.29 is 19.1 Å². The maximum atomic E-state index is 13.6. The van der Waals surface area contributed by atoms with Gasteiger partial charge >= 0.3 is 11.9 Å². The third kappa shape index (κ3) is 4.49. The van der Waals surface area contributed by atoms with Crippen LogP contribution in [0.4, 0.5) is 0 Å². The van der Waals surface area contributed by atoms with Crippen LogP contribution in [-0.2, 0) is 14.3 Å². The minimum absolute atomic E-state index is 0.216. The van der Waals surface area contributed by atoms with Gasteiger partial charge in [-0.05, 0) is 38.5 Å². The van der Waals surface area contributed by atoms with E-state index in [1.807, 2.05) is 31.2 Å². The fraction of sp³-hybridized carbons (Fsp3) is 0.231. The molecule has 7 nitrogen and oxygen atoms in total. The van der Waals surface area contributed by atoms with E-state index in [4.69, 9.17) is 9.47 Å². The van der Waals surface area contributed by atoms with E-state index < -0.39 is 18.0 Å². The number of aromatic nitrogens is 1. The van der Waals surface area contributed by atoms with Crippen molar-refractivity contribution in [3.63, 3.8) is 0 Å². The number of nitrogens with zero attached hydrogens (tertiary/aromatic N) is 2. The van der Waals surface area contributed by atoms with Crippen LogP contribution in [0.3, 0.4) is 0 Å². The van der Waals surface area contributed by atoms with Crippen LogP contribution in [0.1, 0.15) is 43.5 Å². The number of para-hydroxylation sites is 1. The van der Waals surface area contributed by atoms with Gasteiger partial charge in [-0.15, -0.1) is 0 Å². The normalized spacial score (nSPS) is 15.5. The lowest BCUT2D eigenvalue weighted by molar-refractivity contribution is -0.139. The van der Waals surface area contributed by atoms with Crippen LogP contribution in [-0.4, -0.2) is 23.1 Å². The quantitative estimate of drug-likeness (QED) is 0.417. The fourth-order valence-electron chi connectivity index (χ4n) is 3.84. The molecular formula is C26H24N2O5S. The Morgan fingerprint density at radius 2 is 1.82 bits per heavy atom. The molecular weight excluding hydrogens is 452 g/mol. The van der Waals surface area contributed by atoms with Gasteiger partial charge in [0, 0.05) is 12.5 Å². The number of esters is 2. The minimum atomic E-state index is -0.665. The number of fused-ring (bicyclic) bond motifs is 1. The van der Waals surface area contributed by atoms with Crippen LogP contribution in [0.25, 0.3) is 6.08 Å². The standard InChI is InChI=1S/C26H24N2O5S/c1-5-32-25(31)22-16(3)27-26-28(23(22)18-12-10-15(2)11-13-18)24(30)21(34-26)14-19-8-6-7-9-20(19)33-17(4)29/h6-14,23H,5H2,1-4H3/b21-14+/t23-/m0/s1. The predicted octanol–water partition coefficient (Wildman–Crippen LogP) is 3.03. The third-order valence-corrected chi connectivity index (χ3v) is 6.35. The molecule has 0 radical (unpaired) electrons. The fourth-order valence-corrected chi connectivity index (χ4v) is 4.88. The Kier molecular flexibility index (Phi) is 6.61. The van der Waals surface area contributed by atoms with E-state index in [0.717, 1.165) is 11.1 Å². The lowest BCUT2D eigenvalue weighted by Crippen LogP contribution is -2.39. The summed E-state index contributed by atoms with van der Waals surface area (Å²) in [4.78, 5) is 43.1. The Bertz CT molecular complexity index is 1480. The third-order valence-electron chi connectivity index (χ3n) is 5.37. The second-order valence-corrected chi connectivity index (χ2v) is 8.85. The zero-order valence-electron chi connectivity index (χ0n) is 19.3. The summed E-state index contributed by atoms with van der Waals surface area (Å²) in [6, 6.07) is 14.0. The molecule has 1 atom stereocenters. The molecule has 0 fully saturated rings. The molecule has 3 aromatic rings. The number of rotatable bonds is 5. The highest BCUT2D eigenvalue weighted by Crippen LogP contribution is 2.30. The number of allylic oxidation sites excluding steroid dienone is 1. The molecule has 34 heavy (non-hydrogen) atoms. The molecule has 2 heterocycles. The molecule has 8 heteroatoms. The minimum Gasteiger partial charge on any atom is -0.463 e. The van der Waals surface area contributed by atoms with Crippen LogP contribution < -0.4 is 19.6 Å². The summed E-state index contributed by atoms with van der Waals surface area (Å²) in [6.07, 6.45) is 1.68. The highest BCUT2D eigenvalue weighted by molar-refractivity contribution is 7.07. The summed E-state index contributed by atoms with van der Waals surface area (Å²) in [5, 5.41) is 0. The average Bonchev–Trinajstić information content (AvgIpc) is 3.09. The van der Waals surface area contributed by atoms with Crippen LogP contribution in [0.2, 0.25) is 0 Å². The maximum absolute atomic E-state index is 13.6. The summed E-state index contributed by atoms with van der Waals surface area (Å²) in [6.45, 7) is 7.01. The van der Waals surface area contributed by atoms with Crippen molar-refractivity contribution in [1.82, 2.24) is 4.57 Å². The summed E-state index contributed by atoms with van der Waals surface area (Å²) >= 11 is 1.22. The Morgan fingerprint density at radius 3 is 2.50 bits per heavy atom. The van der Waals surface area contributed by atoms with Gasteiger partial charge in [-0.25, -0.2) is 9.79 Å². The van der Waals surface area contributed by atoms with Crippen molar-refractivity contribution in [2.24, 2.45) is 4.99 Å². The van der Waals surface area contributed by atoms with E-state index in [1.165, 1.54) is 22.8 Å². The summed E-state index contributed by atoms with van der Waals surface area (Å²) in [5.41, 5.74) is 3.01. The van der Waals surface area contributed by atoms with Crippen LogP contribution in [0, 0.1) is 6.92 Å². The van der Waals surface area contributed by atoms with Crippen LogP contribution in [0.5, 0.6) is 5.75 Å². The van der Waals surface area contributed by atoms with Crippen molar-refractivity contribution in [2.75, 3.05) is 6.61 Å². The Balaban J connectivity index is 1.94. The van der Waals surface area contributed by atoms with Crippen molar-refractivity contribution in [1.29, 1.82) is 0 Å². The van der Waals surface area contributed by atoms with Gasteiger partial charge in [0.25, 0.3) is 5.56 Å². The monoisotopic (exact) mass is 476 g/mol. The molecule has 4 rings (SSSR count). The molecule has 1 aliphatic rings. The Morgan fingerprint density at radius 1 is 1.12 bits per heavy atom. The summed E-state index contributed by atoms with van der Waals surface area (Å²) in [7, 11) is 0. The number of carbonyl (C=O) groups excluding carboxylic acids is 2. The van der Waals surface area contributed by atoms with E-state index >= 15 is 0 Å². The molecule has 0 amide bonds. The summed E-state index contributed by atoms with van der Waals surface area (Å²) in [5.74, 6) is -0.584. The Labute approximate surface area is 200 Å². The number of thiazole rings is 1. The number of benzene rings is 2. The number of ether oxygens (including phenoxy) is 2. The number of hydrogen-bond donors (Lipinski definition) is 0. The highest BCUT2D eigenvalue weighted by Gasteiger charge is 2.33. The zero-order valence-corrected chi connectivity index (χ0v) is 20.1. The van der Waals surface area contributed by atoms with E-state index in [2.05, 4.69) is 4.99 Å². The zero-order chi connectivity index (χ0) is 24.4. The predicted molar refractivity (Wildman–Crippen MR) is 129 cm³/mol. The molecule has 1 aliphatic heterocycles. The number of aryl methyl sites for hydroxylation is 1. The van der Waals surface area contributed by atoms with Gasteiger partial charge in [-0.2, -0.15) is 0 Å². The van der Waals surface area contributed by atoms with E-state index in [-0.39, 0.29) is 12.2 Å². The first-order chi connectivity index (χ1) is 16.3. The second-order valence-electron chi connectivity index (χ2n) is 7.84. The molecule has 0 saturated carbocycles. The number of carbonyl (C=O) groups is 2. The molecule has 0 N–H and O–H groups in total. The highest BCUT2D eigenvalue weighted by atomic mass is 32.1. The van der Waals surface area contributed by atoms with Gasteiger partial charge in [0.05, 0.1) is 28.5 Å². The molecule has 0 bridgehead atoms. The molecule has 0 aliphatic carbocycles. The smallest absolute Gasteiger partial charge is 0.338 e. The average molecular weight is 477 g/mol. The first kappa shape index (κ1) is 23.4. The van der Waals surface area contributed by atoms with Crippen LogP contribution in [0.15, 0.2) is 69.6 Å². The summed E-state index contributed by atoms with van der Waals surface area (Å²) < 4.78 is 12.5. The van der Waals surface area contributed by atoms with Crippen molar-refractivity contribution in [3.05, 3.63) is 96.2 Å². The lowest BCUT2D eigenvalue weighted by atomic mass is 9.95. The van der Waals surface area contributed by atoms with Gasteiger partial charge in [-0.1, -0.05) is 59.4 Å². The first-order valence-electron chi connectivity index (χ1n) is 10.8. The van der Waals surface area contributed by atoms with Crippen molar-refractivity contribution in [2.45, 2.75) is 33.7 Å². The molecule has 1 aromatic heterocycles. The maximum Gasteiger partial charge on any atom is 0.338 e. The van der Waals surface area contributed by atoms with Gasteiger partial charge in [0.1, 0.15) is 5.75 Å². The largest absolute Gasteiger partial charge is 0.463 e. The Hall–Kier alpha value is -3.78.